The van der Waals surface area contributed by atoms with Gasteiger partial charge in [-0.15, -0.1) is 0 Å². The SMILES string of the molecule is Cc1nc(N2CCN(C(=O)C(C)(C)Oc3ccc(Cl)cc3)CC2)cc(-n2cccn2)n1. The van der Waals surface area contributed by atoms with Gasteiger partial charge < -0.3 is 14.5 Å². The highest BCUT2D eigenvalue weighted by atomic mass is 35.5. The first-order valence-electron chi connectivity index (χ1n) is 10.2. The van der Waals surface area contributed by atoms with E-state index in [0.29, 0.717) is 42.8 Å². The molecule has 0 spiro atoms. The van der Waals surface area contributed by atoms with Crippen molar-refractivity contribution in [2.24, 2.45) is 0 Å². The Morgan fingerprint density at radius 3 is 2.39 bits per heavy atom. The molecule has 3 heterocycles. The number of aryl methyl sites for hydroxylation is 1. The fourth-order valence-electron chi connectivity index (χ4n) is 3.58. The third kappa shape index (κ3) is 4.80. The highest BCUT2D eigenvalue weighted by Gasteiger charge is 2.36. The van der Waals surface area contributed by atoms with Gasteiger partial charge in [0.1, 0.15) is 17.4 Å². The van der Waals surface area contributed by atoms with Gasteiger partial charge >= 0.3 is 0 Å². The molecule has 0 aliphatic carbocycles. The van der Waals surface area contributed by atoms with Crippen LogP contribution in [0.1, 0.15) is 19.7 Å². The molecule has 0 N–H and O–H groups in total. The monoisotopic (exact) mass is 440 g/mol. The summed E-state index contributed by atoms with van der Waals surface area (Å²) in [5.41, 5.74) is -0.977. The lowest BCUT2D eigenvalue weighted by atomic mass is 10.1. The van der Waals surface area contributed by atoms with E-state index in [1.165, 1.54) is 0 Å². The van der Waals surface area contributed by atoms with Crippen LogP contribution in [0.3, 0.4) is 0 Å². The van der Waals surface area contributed by atoms with E-state index in [2.05, 4.69) is 20.0 Å². The van der Waals surface area contributed by atoms with Crippen LogP contribution in [0.25, 0.3) is 5.82 Å². The fourth-order valence-corrected chi connectivity index (χ4v) is 3.71. The first-order valence-corrected chi connectivity index (χ1v) is 10.5. The molecule has 1 fully saturated rings. The Labute approximate surface area is 186 Å². The summed E-state index contributed by atoms with van der Waals surface area (Å²) in [4.78, 5) is 26.2. The summed E-state index contributed by atoms with van der Waals surface area (Å²) in [7, 11) is 0. The molecule has 1 aliphatic rings. The molecule has 31 heavy (non-hydrogen) atoms. The molecular weight excluding hydrogens is 416 g/mol. The molecule has 1 aliphatic heterocycles. The number of hydrogen-bond donors (Lipinski definition) is 0. The van der Waals surface area contributed by atoms with Crippen LogP contribution < -0.4 is 9.64 Å². The van der Waals surface area contributed by atoms with Gasteiger partial charge in [0.05, 0.1) is 0 Å². The van der Waals surface area contributed by atoms with Crippen molar-refractivity contribution in [1.82, 2.24) is 24.6 Å². The third-order valence-corrected chi connectivity index (χ3v) is 5.39. The number of hydrogen-bond acceptors (Lipinski definition) is 6. The van der Waals surface area contributed by atoms with Gasteiger partial charge in [-0.3, -0.25) is 4.79 Å². The minimum Gasteiger partial charge on any atom is -0.478 e. The third-order valence-electron chi connectivity index (χ3n) is 5.14. The molecule has 0 bridgehead atoms. The van der Waals surface area contributed by atoms with Crippen LogP contribution in [0.4, 0.5) is 5.82 Å². The van der Waals surface area contributed by atoms with Gasteiger partial charge in [0.25, 0.3) is 5.91 Å². The van der Waals surface area contributed by atoms with Crippen LogP contribution in [0, 0.1) is 6.92 Å². The normalized spacial score (nSPS) is 14.6. The molecule has 2 aromatic heterocycles. The van der Waals surface area contributed by atoms with Gasteiger partial charge in [0.15, 0.2) is 11.4 Å². The summed E-state index contributed by atoms with van der Waals surface area (Å²) >= 11 is 5.93. The van der Waals surface area contributed by atoms with E-state index in [4.69, 9.17) is 16.3 Å². The van der Waals surface area contributed by atoms with Crippen molar-refractivity contribution in [1.29, 1.82) is 0 Å². The standard InChI is InChI=1S/C22H25ClN6O2/c1-16-25-19(15-20(26-16)29-10-4-9-24-29)27-11-13-28(14-12-27)21(30)22(2,3)31-18-7-5-17(23)6-8-18/h4-10,15H,11-14H2,1-3H3. The lowest BCUT2D eigenvalue weighted by Crippen LogP contribution is -2.56. The number of aromatic nitrogens is 4. The lowest BCUT2D eigenvalue weighted by molar-refractivity contribution is -0.145. The quantitative estimate of drug-likeness (QED) is 0.606. The van der Waals surface area contributed by atoms with Crippen molar-refractivity contribution >= 4 is 23.3 Å². The predicted octanol–water partition coefficient (Wildman–Crippen LogP) is 3.13. The molecule has 4 rings (SSSR count). The molecule has 8 nitrogen and oxygen atoms in total. The molecule has 0 unspecified atom stereocenters. The zero-order valence-corrected chi connectivity index (χ0v) is 18.6. The molecule has 0 radical (unpaired) electrons. The number of amides is 1. The maximum atomic E-state index is 13.1. The highest BCUT2D eigenvalue weighted by Crippen LogP contribution is 2.24. The average Bonchev–Trinajstić information content (AvgIpc) is 3.29. The van der Waals surface area contributed by atoms with Crippen molar-refractivity contribution in [2.75, 3.05) is 31.1 Å². The van der Waals surface area contributed by atoms with Crippen LogP contribution in [0.15, 0.2) is 48.8 Å². The van der Waals surface area contributed by atoms with Crippen LogP contribution in [0.2, 0.25) is 5.02 Å². The maximum Gasteiger partial charge on any atom is 0.266 e. The van der Waals surface area contributed by atoms with Crippen molar-refractivity contribution in [3.05, 3.63) is 59.6 Å². The second-order valence-corrected chi connectivity index (χ2v) is 8.36. The van der Waals surface area contributed by atoms with E-state index >= 15 is 0 Å². The minimum absolute atomic E-state index is 0.0433. The number of piperazine rings is 1. The van der Waals surface area contributed by atoms with Crippen molar-refractivity contribution in [3.63, 3.8) is 0 Å². The Kier molecular flexibility index (Phi) is 5.82. The van der Waals surface area contributed by atoms with Crippen molar-refractivity contribution in [3.8, 4) is 11.6 Å². The Balaban J connectivity index is 1.41. The summed E-state index contributed by atoms with van der Waals surface area (Å²) < 4.78 is 7.68. The van der Waals surface area contributed by atoms with Crippen molar-refractivity contribution in [2.45, 2.75) is 26.4 Å². The largest absolute Gasteiger partial charge is 0.478 e. The Bertz CT molecular complexity index is 1040. The Morgan fingerprint density at radius 1 is 1.06 bits per heavy atom. The molecule has 1 saturated heterocycles. The fraction of sp³-hybridized carbons (Fsp3) is 0.364. The summed E-state index contributed by atoms with van der Waals surface area (Å²) in [5, 5.41) is 4.88. The maximum absolute atomic E-state index is 13.1. The van der Waals surface area contributed by atoms with E-state index in [1.807, 2.05) is 30.2 Å². The van der Waals surface area contributed by atoms with E-state index < -0.39 is 5.60 Å². The van der Waals surface area contributed by atoms with Gasteiger partial charge in [-0.05, 0) is 51.1 Å². The molecule has 1 amide bonds. The zero-order valence-electron chi connectivity index (χ0n) is 17.8. The van der Waals surface area contributed by atoms with Gasteiger partial charge in [-0.1, -0.05) is 11.6 Å². The Hall–Kier alpha value is -3.13. The number of ether oxygens (including phenoxy) is 1. The van der Waals surface area contributed by atoms with Gasteiger partial charge in [0.2, 0.25) is 0 Å². The summed E-state index contributed by atoms with van der Waals surface area (Å²) in [6.45, 7) is 7.99. The number of benzene rings is 1. The number of carbonyl (C=O) groups excluding carboxylic acids is 1. The minimum atomic E-state index is -0.977. The molecule has 3 aromatic rings. The van der Waals surface area contributed by atoms with Crippen LogP contribution in [-0.4, -0.2) is 62.3 Å². The van der Waals surface area contributed by atoms with E-state index in [9.17, 15) is 4.79 Å². The van der Waals surface area contributed by atoms with Gasteiger partial charge in [-0.25, -0.2) is 14.6 Å². The number of nitrogens with zero attached hydrogens (tertiary/aromatic N) is 6. The number of rotatable bonds is 5. The van der Waals surface area contributed by atoms with E-state index in [-0.39, 0.29) is 5.91 Å². The molecule has 0 saturated carbocycles. The molecule has 0 atom stereocenters. The topological polar surface area (TPSA) is 76.4 Å². The second-order valence-electron chi connectivity index (χ2n) is 7.93. The predicted molar refractivity (Wildman–Crippen MR) is 119 cm³/mol. The number of halogens is 1. The van der Waals surface area contributed by atoms with Crippen molar-refractivity contribution < 1.29 is 9.53 Å². The smallest absolute Gasteiger partial charge is 0.266 e. The van der Waals surface area contributed by atoms with Gasteiger partial charge in [-0.2, -0.15) is 5.10 Å². The van der Waals surface area contributed by atoms with Crippen LogP contribution in [-0.2, 0) is 4.79 Å². The first-order chi connectivity index (χ1) is 14.8. The summed E-state index contributed by atoms with van der Waals surface area (Å²) in [5.74, 6) is 2.81. The molecule has 9 heteroatoms. The van der Waals surface area contributed by atoms with E-state index in [0.717, 1.165) is 11.6 Å². The number of carbonyl (C=O) groups is 1. The summed E-state index contributed by atoms with van der Waals surface area (Å²) in [6, 6.07) is 10.8. The van der Waals surface area contributed by atoms with E-state index in [1.54, 1.807) is 49.0 Å². The average molecular weight is 441 g/mol. The molecule has 162 valence electrons. The lowest BCUT2D eigenvalue weighted by Gasteiger charge is -2.39. The second kappa shape index (κ2) is 8.55. The highest BCUT2D eigenvalue weighted by molar-refractivity contribution is 6.30. The Morgan fingerprint density at radius 2 is 1.74 bits per heavy atom. The number of anilines is 1. The van der Waals surface area contributed by atoms with Gasteiger partial charge in [0, 0.05) is 49.7 Å². The zero-order chi connectivity index (χ0) is 22.0. The first kappa shape index (κ1) is 21.1. The summed E-state index contributed by atoms with van der Waals surface area (Å²) in [6.07, 6.45) is 3.57. The van der Waals surface area contributed by atoms with Crippen LogP contribution in [0.5, 0.6) is 5.75 Å². The van der Waals surface area contributed by atoms with Crippen LogP contribution >= 0.6 is 11.6 Å². The molecule has 1 aromatic carbocycles. The molecular formula is C22H25ClN6O2.